The van der Waals surface area contributed by atoms with Crippen LogP contribution in [-0.4, -0.2) is 59.0 Å². The lowest BCUT2D eigenvalue weighted by molar-refractivity contribution is -0.138. The van der Waals surface area contributed by atoms with Gasteiger partial charge in [0.05, 0.1) is 0 Å². The molecule has 0 aromatic heterocycles. The second-order valence-electron chi connectivity index (χ2n) is 5.98. The summed E-state index contributed by atoms with van der Waals surface area (Å²) in [6, 6.07) is 0.550. The Labute approximate surface area is 120 Å². The van der Waals surface area contributed by atoms with E-state index in [-0.39, 0.29) is 12.3 Å². The van der Waals surface area contributed by atoms with Crippen LogP contribution in [0.5, 0.6) is 0 Å². The van der Waals surface area contributed by atoms with Gasteiger partial charge in [0.1, 0.15) is 0 Å². The highest BCUT2D eigenvalue weighted by Gasteiger charge is 2.28. The van der Waals surface area contributed by atoms with E-state index in [2.05, 4.69) is 4.90 Å². The Morgan fingerprint density at radius 2 is 1.70 bits per heavy atom. The first-order valence-electron chi connectivity index (χ1n) is 7.90. The standard InChI is InChI=1S/C15H26N2O3/c18-14(7-1-2-8-15(19)20)17-11-5-6-13(12-17)16-9-3-4-10-16/h13H,1-12H2,(H,19,20). The summed E-state index contributed by atoms with van der Waals surface area (Å²) >= 11 is 0. The van der Waals surface area contributed by atoms with Crippen molar-refractivity contribution in [3.8, 4) is 0 Å². The van der Waals surface area contributed by atoms with Crippen molar-refractivity contribution in [1.29, 1.82) is 0 Å². The summed E-state index contributed by atoms with van der Waals surface area (Å²) in [6.45, 7) is 4.12. The van der Waals surface area contributed by atoms with Gasteiger partial charge in [0.2, 0.25) is 5.91 Å². The minimum Gasteiger partial charge on any atom is -0.481 e. The maximum atomic E-state index is 12.2. The van der Waals surface area contributed by atoms with Crippen molar-refractivity contribution in [3.63, 3.8) is 0 Å². The van der Waals surface area contributed by atoms with Gasteiger partial charge < -0.3 is 10.0 Å². The molecule has 1 N–H and O–H groups in total. The van der Waals surface area contributed by atoms with E-state index in [0.29, 0.717) is 25.3 Å². The third-order valence-corrected chi connectivity index (χ3v) is 4.44. The Balaban J connectivity index is 1.70. The molecular weight excluding hydrogens is 256 g/mol. The number of carbonyl (C=O) groups excluding carboxylic acids is 1. The van der Waals surface area contributed by atoms with Crippen LogP contribution in [0.3, 0.4) is 0 Å². The first-order valence-corrected chi connectivity index (χ1v) is 7.90. The Morgan fingerprint density at radius 1 is 1.00 bits per heavy atom. The molecule has 1 atom stereocenters. The summed E-state index contributed by atoms with van der Waals surface area (Å²) < 4.78 is 0. The van der Waals surface area contributed by atoms with Gasteiger partial charge in [-0.15, -0.1) is 0 Å². The SMILES string of the molecule is O=C(O)CCCCC(=O)N1CCCC(N2CCCC2)C1. The number of unbranched alkanes of at least 4 members (excludes halogenated alkanes) is 1. The minimum atomic E-state index is -0.774. The van der Waals surface area contributed by atoms with Crippen molar-refractivity contribution in [2.75, 3.05) is 26.2 Å². The van der Waals surface area contributed by atoms with E-state index in [1.165, 1.54) is 32.4 Å². The Morgan fingerprint density at radius 3 is 2.40 bits per heavy atom. The van der Waals surface area contributed by atoms with Crippen LogP contribution in [0.1, 0.15) is 51.4 Å². The van der Waals surface area contributed by atoms with E-state index in [4.69, 9.17) is 5.11 Å². The van der Waals surface area contributed by atoms with Crippen LogP contribution < -0.4 is 0 Å². The van der Waals surface area contributed by atoms with Crippen molar-refractivity contribution in [3.05, 3.63) is 0 Å². The van der Waals surface area contributed by atoms with Crippen LogP contribution in [0.15, 0.2) is 0 Å². The normalized spacial score (nSPS) is 24.0. The number of likely N-dealkylation sites (tertiary alicyclic amines) is 2. The molecule has 0 aliphatic carbocycles. The van der Waals surface area contributed by atoms with E-state index >= 15 is 0 Å². The molecule has 2 aliphatic heterocycles. The quantitative estimate of drug-likeness (QED) is 0.754. The van der Waals surface area contributed by atoms with Gasteiger partial charge >= 0.3 is 5.97 Å². The third kappa shape index (κ3) is 4.47. The zero-order chi connectivity index (χ0) is 14.4. The maximum absolute atomic E-state index is 12.2. The average Bonchev–Trinajstić information content (AvgIpc) is 2.97. The van der Waals surface area contributed by atoms with E-state index in [0.717, 1.165) is 19.5 Å². The first kappa shape index (κ1) is 15.3. The number of piperidine rings is 1. The van der Waals surface area contributed by atoms with Crippen LogP contribution in [0.4, 0.5) is 0 Å². The number of carbonyl (C=O) groups is 2. The lowest BCUT2D eigenvalue weighted by Gasteiger charge is -2.37. The average molecular weight is 282 g/mol. The van der Waals surface area contributed by atoms with Crippen molar-refractivity contribution >= 4 is 11.9 Å². The molecule has 0 aromatic carbocycles. The molecule has 2 saturated heterocycles. The number of carboxylic acids is 1. The minimum absolute atomic E-state index is 0.170. The lowest BCUT2D eigenvalue weighted by atomic mass is 10.0. The van der Waals surface area contributed by atoms with Gasteiger partial charge in [-0.2, -0.15) is 0 Å². The molecule has 5 heteroatoms. The highest BCUT2D eigenvalue weighted by molar-refractivity contribution is 5.76. The number of carboxylic acid groups (broad SMARTS) is 1. The van der Waals surface area contributed by atoms with Crippen molar-refractivity contribution in [2.24, 2.45) is 0 Å². The molecule has 2 heterocycles. The summed E-state index contributed by atoms with van der Waals surface area (Å²) in [7, 11) is 0. The van der Waals surface area contributed by atoms with Crippen molar-refractivity contribution in [2.45, 2.75) is 57.4 Å². The van der Waals surface area contributed by atoms with Gasteiger partial charge in [-0.25, -0.2) is 0 Å². The van der Waals surface area contributed by atoms with Crippen LogP contribution in [-0.2, 0) is 9.59 Å². The Kier molecular flexibility index (Phi) is 5.83. The molecule has 1 unspecified atom stereocenters. The largest absolute Gasteiger partial charge is 0.481 e. The zero-order valence-electron chi connectivity index (χ0n) is 12.2. The van der Waals surface area contributed by atoms with Crippen LogP contribution in [0.2, 0.25) is 0 Å². The fourth-order valence-electron chi connectivity index (χ4n) is 3.30. The Bertz CT molecular complexity index is 340. The summed E-state index contributed by atoms with van der Waals surface area (Å²) in [5.41, 5.74) is 0. The van der Waals surface area contributed by atoms with Gasteiger partial charge in [0.15, 0.2) is 0 Å². The van der Waals surface area contributed by atoms with Gasteiger partial charge in [0.25, 0.3) is 0 Å². The summed E-state index contributed by atoms with van der Waals surface area (Å²) in [4.78, 5) is 27.1. The van der Waals surface area contributed by atoms with Crippen molar-refractivity contribution < 1.29 is 14.7 Å². The molecule has 2 fully saturated rings. The highest BCUT2D eigenvalue weighted by Crippen LogP contribution is 2.21. The smallest absolute Gasteiger partial charge is 0.303 e. The predicted molar refractivity (Wildman–Crippen MR) is 76.5 cm³/mol. The molecule has 2 aliphatic rings. The topological polar surface area (TPSA) is 60.9 Å². The fourth-order valence-corrected chi connectivity index (χ4v) is 3.30. The fraction of sp³-hybridized carbons (Fsp3) is 0.867. The van der Waals surface area contributed by atoms with Crippen LogP contribution in [0, 0.1) is 0 Å². The number of hydrogen-bond acceptors (Lipinski definition) is 3. The van der Waals surface area contributed by atoms with E-state index < -0.39 is 5.97 Å². The second kappa shape index (κ2) is 7.62. The number of rotatable bonds is 6. The number of aliphatic carboxylic acids is 1. The molecule has 2 rings (SSSR count). The molecular formula is C15H26N2O3. The van der Waals surface area contributed by atoms with Gasteiger partial charge in [-0.05, 0) is 51.6 Å². The number of hydrogen-bond donors (Lipinski definition) is 1. The highest BCUT2D eigenvalue weighted by atomic mass is 16.4. The summed E-state index contributed by atoms with van der Waals surface area (Å²) in [5, 5.41) is 8.58. The number of amides is 1. The molecule has 0 bridgehead atoms. The molecule has 0 radical (unpaired) electrons. The van der Waals surface area contributed by atoms with Gasteiger partial charge in [-0.1, -0.05) is 0 Å². The molecule has 0 aromatic rings. The summed E-state index contributed by atoms with van der Waals surface area (Å²) in [5.74, 6) is -0.566. The maximum Gasteiger partial charge on any atom is 0.303 e. The van der Waals surface area contributed by atoms with E-state index in [1.54, 1.807) is 0 Å². The Hall–Kier alpha value is -1.10. The van der Waals surface area contributed by atoms with E-state index in [1.807, 2.05) is 4.90 Å². The van der Waals surface area contributed by atoms with Gasteiger partial charge in [-0.3, -0.25) is 14.5 Å². The number of nitrogens with zero attached hydrogens (tertiary/aromatic N) is 2. The van der Waals surface area contributed by atoms with Crippen molar-refractivity contribution in [1.82, 2.24) is 9.80 Å². The van der Waals surface area contributed by atoms with E-state index in [9.17, 15) is 9.59 Å². The first-order chi connectivity index (χ1) is 9.66. The zero-order valence-corrected chi connectivity index (χ0v) is 12.2. The summed E-state index contributed by atoms with van der Waals surface area (Å²) in [6.07, 6.45) is 6.86. The van der Waals surface area contributed by atoms with Crippen LogP contribution >= 0.6 is 0 Å². The predicted octanol–water partition coefficient (Wildman–Crippen LogP) is 1.72. The molecule has 1 amide bonds. The lowest BCUT2D eigenvalue weighted by Crippen LogP contribution is -2.48. The molecule has 0 saturated carbocycles. The molecule has 5 nitrogen and oxygen atoms in total. The monoisotopic (exact) mass is 282 g/mol. The van der Waals surface area contributed by atoms with Crippen LogP contribution in [0.25, 0.3) is 0 Å². The van der Waals surface area contributed by atoms with Gasteiger partial charge in [0, 0.05) is 32.0 Å². The molecule has 20 heavy (non-hydrogen) atoms. The molecule has 114 valence electrons. The molecule has 0 spiro atoms. The second-order valence-corrected chi connectivity index (χ2v) is 5.98. The third-order valence-electron chi connectivity index (χ3n) is 4.44.